The molecule has 5 nitrogen and oxygen atoms in total. The zero-order valence-corrected chi connectivity index (χ0v) is 7.37. The molecule has 0 atom stereocenters. The van der Waals surface area contributed by atoms with E-state index in [0.29, 0.717) is 11.6 Å². The molecule has 0 aromatic carbocycles. The molecule has 12 heavy (non-hydrogen) atoms. The number of nitrogens with zero attached hydrogens (tertiary/aromatic N) is 4. The smallest absolute Gasteiger partial charge is 0.216 e. The molecule has 1 aromatic rings. The maximum absolute atomic E-state index is 5.55. The Kier molecular flexibility index (Phi) is 2.32. The summed E-state index contributed by atoms with van der Waals surface area (Å²) in [6.45, 7) is 3.71. The summed E-state index contributed by atoms with van der Waals surface area (Å²) in [7, 11) is 1.57. The minimum absolute atomic E-state index is 0.323. The van der Waals surface area contributed by atoms with Crippen molar-refractivity contribution in [2.24, 2.45) is 10.2 Å². The summed E-state index contributed by atoms with van der Waals surface area (Å²) in [4.78, 5) is 8.17. The average Bonchev–Trinajstić information content (AvgIpc) is 2.01. The number of hydrogen-bond acceptors (Lipinski definition) is 5. The molecule has 0 spiro atoms. The maximum atomic E-state index is 5.55. The van der Waals surface area contributed by atoms with Crippen molar-refractivity contribution in [3.05, 3.63) is 11.4 Å². The molecule has 1 heterocycles. The number of nitrogens with two attached hydrogens (primary N) is 1. The van der Waals surface area contributed by atoms with Crippen LogP contribution in [0.15, 0.2) is 10.2 Å². The predicted octanol–water partition coefficient (Wildman–Crippen LogP) is 1.39. The van der Waals surface area contributed by atoms with Gasteiger partial charge in [-0.05, 0) is 13.8 Å². The quantitative estimate of drug-likeness (QED) is 0.639. The van der Waals surface area contributed by atoms with E-state index < -0.39 is 0 Å². The molecule has 1 rings (SSSR count). The largest absolute Gasteiger partial charge is 0.380 e. The molecule has 0 fully saturated rings. The number of nitrogen functional groups attached to an aromatic ring is 1. The highest BCUT2D eigenvalue weighted by Gasteiger charge is 2.03. The molecule has 0 unspecified atom stereocenters. The van der Waals surface area contributed by atoms with E-state index in [4.69, 9.17) is 5.73 Å². The van der Waals surface area contributed by atoms with E-state index in [0.717, 1.165) is 11.4 Å². The average molecular weight is 165 g/mol. The van der Waals surface area contributed by atoms with Gasteiger partial charge in [-0.25, -0.2) is 9.97 Å². The summed E-state index contributed by atoms with van der Waals surface area (Å²) >= 11 is 0. The number of aromatic nitrogens is 2. The first-order valence-corrected chi connectivity index (χ1v) is 3.55. The van der Waals surface area contributed by atoms with Crippen molar-refractivity contribution in [2.45, 2.75) is 13.8 Å². The molecule has 0 amide bonds. The molecular formula is C7H11N5. The second-order valence-electron chi connectivity index (χ2n) is 2.40. The Balaban J connectivity index is 3.23. The van der Waals surface area contributed by atoms with E-state index in [1.54, 1.807) is 7.05 Å². The summed E-state index contributed by atoms with van der Waals surface area (Å²) < 4.78 is 0. The van der Waals surface area contributed by atoms with Crippen LogP contribution in [0.3, 0.4) is 0 Å². The fourth-order valence-electron chi connectivity index (χ4n) is 0.777. The lowest BCUT2D eigenvalue weighted by Gasteiger charge is -2.01. The number of rotatable bonds is 1. The van der Waals surface area contributed by atoms with E-state index >= 15 is 0 Å². The van der Waals surface area contributed by atoms with E-state index in [1.165, 1.54) is 0 Å². The van der Waals surface area contributed by atoms with E-state index in [9.17, 15) is 0 Å². The Bertz CT molecular complexity index is 318. The van der Waals surface area contributed by atoms with Gasteiger partial charge in [-0.1, -0.05) is 0 Å². The highest BCUT2D eigenvalue weighted by atomic mass is 15.2. The van der Waals surface area contributed by atoms with Gasteiger partial charge >= 0.3 is 0 Å². The van der Waals surface area contributed by atoms with Crippen molar-refractivity contribution in [3.63, 3.8) is 0 Å². The summed E-state index contributed by atoms with van der Waals surface area (Å²) in [5.74, 6) is 0.712. The number of azo groups is 1. The van der Waals surface area contributed by atoms with Crippen LogP contribution < -0.4 is 5.73 Å². The lowest BCUT2D eigenvalue weighted by molar-refractivity contribution is 1.02. The minimum Gasteiger partial charge on any atom is -0.380 e. The number of aryl methyl sites for hydroxylation is 2. The van der Waals surface area contributed by atoms with Crippen molar-refractivity contribution >= 4 is 11.6 Å². The second kappa shape index (κ2) is 3.25. The normalized spacial score (nSPS) is 10.9. The van der Waals surface area contributed by atoms with Crippen LogP contribution in [0.4, 0.5) is 11.6 Å². The van der Waals surface area contributed by atoms with Crippen molar-refractivity contribution in [1.82, 2.24) is 9.97 Å². The van der Waals surface area contributed by atoms with Crippen LogP contribution in [-0.4, -0.2) is 17.0 Å². The summed E-state index contributed by atoms with van der Waals surface area (Å²) in [6, 6.07) is 0. The van der Waals surface area contributed by atoms with Crippen molar-refractivity contribution in [3.8, 4) is 0 Å². The molecule has 0 aliphatic rings. The lowest BCUT2D eigenvalue weighted by atomic mass is 10.3. The van der Waals surface area contributed by atoms with Gasteiger partial charge in [-0.3, -0.25) is 0 Å². The third-order valence-corrected chi connectivity index (χ3v) is 1.51. The molecule has 0 saturated carbocycles. The van der Waals surface area contributed by atoms with Crippen LogP contribution in [0.25, 0.3) is 0 Å². The fourth-order valence-corrected chi connectivity index (χ4v) is 0.777. The molecule has 0 aliphatic heterocycles. The minimum atomic E-state index is 0.323. The van der Waals surface area contributed by atoms with Crippen LogP contribution >= 0.6 is 0 Å². The van der Waals surface area contributed by atoms with Gasteiger partial charge in [-0.2, -0.15) is 5.11 Å². The van der Waals surface area contributed by atoms with Crippen LogP contribution in [0.5, 0.6) is 0 Å². The Morgan fingerprint density at radius 3 is 2.33 bits per heavy atom. The topological polar surface area (TPSA) is 76.5 Å². The first-order chi connectivity index (χ1) is 5.65. The summed E-state index contributed by atoms with van der Waals surface area (Å²) in [5, 5.41) is 7.31. The lowest BCUT2D eigenvalue weighted by Crippen LogP contribution is -1.98. The van der Waals surface area contributed by atoms with Crippen molar-refractivity contribution in [2.75, 3.05) is 12.8 Å². The van der Waals surface area contributed by atoms with Crippen LogP contribution in [0.2, 0.25) is 0 Å². The Labute approximate surface area is 70.8 Å². The molecule has 0 saturated heterocycles. The molecule has 5 heteroatoms. The Morgan fingerprint density at radius 1 is 1.17 bits per heavy atom. The molecule has 0 aliphatic carbocycles. The Morgan fingerprint density at radius 2 is 1.75 bits per heavy atom. The predicted molar refractivity (Wildman–Crippen MR) is 46.4 cm³/mol. The van der Waals surface area contributed by atoms with Gasteiger partial charge in [0.2, 0.25) is 5.82 Å². The second-order valence-corrected chi connectivity index (χ2v) is 2.40. The molecule has 1 aromatic heterocycles. The highest BCUT2D eigenvalue weighted by molar-refractivity contribution is 5.51. The first-order valence-electron chi connectivity index (χ1n) is 3.55. The van der Waals surface area contributed by atoms with E-state index in [2.05, 4.69) is 20.2 Å². The Hall–Kier alpha value is -1.52. The van der Waals surface area contributed by atoms with Crippen molar-refractivity contribution < 1.29 is 0 Å². The number of anilines is 1. The van der Waals surface area contributed by atoms with Crippen LogP contribution in [-0.2, 0) is 0 Å². The van der Waals surface area contributed by atoms with Gasteiger partial charge in [-0.15, -0.1) is 5.11 Å². The van der Waals surface area contributed by atoms with Crippen LogP contribution in [0.1, 0.15) is 11.4 Å². The first kappa shape index (κ1) is 8.58. The van der Waals surface area contributed by atoms with Gasteiger partial charge < -0.3 is 5.73 Å². The standard InChI is InChI=1S/C7H11N5/c1-4-5(2)11-7(12-9-3)6(8)10-4/h1-3H3,(H2,8,10). The molecular weight excluding hydrogens is 154 g/mol. The molecule has 64 valence electrons. The van der Waals surface area contributed by atoms with Gasteiger partial charge in [0.1, 0.15) is 0 Å². The van der Waals surface area contributed by atoms with E-state index in [-0.39, 0.29) is 0 Å². The van der Waals surface area contributed by atoms with Crippen LogP contribution in [0, 0.1) is 13.8 Å². The van der Waals surface area contributed by atoms with Gasteiger partial charge in [0.15, 0.2) is 5.82 Å². The third-order valence-electron chi connectivity index (χ3n) is 1.51. The zero-order chi connectivity index (χ0) is 9.14. The molecule has 2 N–H and O–H groups in total. The monoisotopic (exact) mass is 165 g/mol. The highest BCUT2D eigenvalue weighted by Crippen LogP contribution is 2.17. The zero-order valence-electron chi connectivity index (χ0n) is 7.37. The van der Waals surface area contributed by atoms with Gasteiger partial charge in [0, 0.05) is 7.05 Å². The molecule has 0 radical (unpaired) electrons. The van der Waals surface area contributed by atoms with Crippen molar-refractivity contribution in [1.29, 1.82) is 0 Å². The number of hydrogen-bond donors (Lipinski definition) is 1. The summed E-state index contributed by atoms with van der Waals surface area (Å²) in [6.07, 6.45) is 0. The van der Waals surface area contributed by atoms with Gasteiger partial charge in [0.05, 0.1) is 11.4 Å². The third kappa shape index (κ3) is 1.55. The summed E-state index contributed by atoms with van der Waals surface area (Å²) in [5.41, 5.74) is 7.20. The fraction of sp³-hybridized carbons (Fsp3) is 0.429. The SMILES string of the molecule is CN=Nc1nc(C)c(C)nc1N. The maximum Gasteiger partial charge on any atom is 0.216 e. The molecule has 0 bridgehead atoms. The van der Waals surface area contributed by atoms with Gasteiger partial charge in [0.25, 0.3) is 0 Å². The van der Waals surface area contributed by atoms with E-state index in [1.807, 2.05) is 13.8 Å².